The van der Waals surface area contributed by atoms with E-state index in [-0.39, 0.29) is 11.5 Å². The summed E-state index contributed by atoms with van der Waals surface area (Å²) >= 11 is 0. The van der Waals surface area contributed by atoms with Crippen molar-refractivity contribution in [3.05, 3.63) is 82.2 Å². The highest BCUT2D eigenvalue weighted by atomic mass is 16.5. The van der Waals surface area contributed by atoms with Crippen molar-refractivity contribution in [1.82, 2.24) is 9.80 Å². The third-order valence-corrected chi connectivity index (χ3v) is 5.30. The van der Waals surface area contributed by atoms with Gasteiger partial charge in [0.05, 0.1) is 7.11 Å². The highest BCUT2D eigenvalue weighted by molar-refractivity contribution is 5.96. The van der Waals surface area contributed by atoms with Crippen molar-refractivity contribution >= 4 is 23.0 Å². The van der Waals surface area contributed by atoms with Crippen LogP contribution in [0.3, 0.4) is 0 Å². The fourth-order valence-electron chi connectivity index (χ4n) is 3.58. The molecule has 3 aromatic rings. The van der Waals surface area contributed by atoms with Crippen LogP contribution in [-0.4, -0.2) is 55.5 Å². The number of piperazine rings is 1. The first-order valence-corrected chi connectivity index (χ1v) is 9.99. The van der Waals surface area contributed by atoms with Crippen molar-refractivity contribution in [2.45, 2.75) is 0 Å². The normalized spacial score (nSPS) is 15.0. The zero-order valence-electron chi connectivity index (χ0n) is 16.9. The van der Waals surface area contributed by atoms with Crippen LogP contribution >= 0.6 is 0 Å². The molecule has 2 heterocycles. The Labute approximate surface area is 175 Å². The summed E-state index contributed by atoms with van der Waals surface area (Å²) in [6.07, 6.45) is 4.24. The fraction of sp³-hybridized carbons (Fsp3) is 0.250. The van der Waals surface area contributed by atoms with Gasteiger partial charge in [-0.1, -0.05) is 42.5 Å². The Morgan fingerprint density at radius 2 is 1.83 bits per heavy atom. The van der Waals surface area contributed by atoms with Gasteiger partial charge in [0, 0.05) is 38.1 Å². The smallest absolute Gasteiger partial charge is 0.349 e. The standard InChI is InChI=1S/C24H24N2O4/c1-29-20-9-10-22-19(16-20)17-21(24(28)30-22)23(27)26-14-12-25(13-15-26)11-5-8-18-6-3-2-4-7-18/h2-10,16-17H,11-15H2,1H3. The molecule has 0 spiro atoms. The summed E-state index contributed by atoms with van der Waals surface area (Å²) < 4.78 is 10.6. The van der Waals surface area contributed by atoms with E-state index in [1.54, 1.807) is 36.3 Å². The summed E-state index contributed by atoms with van der Waals surface area (Å²) in [4.78, 5) is 29.3. The SMILES string of the molecule is COc1ccc2oc(=O)c(C(=O)N3CCN(CC=Cc4ccccc4)CC3)cc2c1. The van der Waals surface area contributed by atoms with Gasteiger partial charge in [0.1, 0.15) is 16.9 Å². The quantitative estimate of drug-likeness (QED) is 0.611. The molecule has 1 fully saturated rings. The van der Waals surface area contributed by atoms with E-state index in [4.69, 9.17) is 9.15 Å². The largest absolute Gasteiger partial charge is 0.497 e. The van der Waals surface area contributed by atoms with Crippen LogP contribution in [0, 0.1) is 0 Å². The second-order valence-corrected chi connectivity index (χ2v) is 7.26. The summed E-state index contributed by atoms with van der Waals surface area (Å²) in [6.45, 7) is 3.51. The molecule has 0 aliphatic carbocycles. The number of hydrogen-bond donors (Lipinski definition) is 0. The molecule has 6 heteroatoms. The highest BCUT2D eigenvalue weighted by Gasteiger charge is 2.24. The van der Waals surface area contributed by atoms with Crippen LogP contribution in [0.15, 0.2) is 69.9 Å². The number of carbonyl (C=O) groups excluding carboxylic acids is 1. The molecule has 0 unspecified atom stereocenters. The molecule has 2 aromatic carbocycles. The van der Waals surface area contributed by atoms with Crippen molar-refractivity contribution < 1.29 is 13.9 Å². The van der Waals surface area contributed by atoms with E-state index in [1.807, 2.05) is 18.2 Å². The average Bonchev–Trinajstić information content (AvgIpc) is 2.79. The van der Waals surface area contributed by atoms with Gasteiger partial charge >= 0.3 is 5.63 Å². The summed E-state index contributed by atoms with van der Waals surface area (Å²) in [7, 11) is 1.57. The number of methoxy groups -OCH3 is 1. The summed E-state index contributed by atoms with van der Waals surface area (Å²) in [5.41, 5.74) is 1.07. The molecular weight excluding hydrogens is 380 g/mol. The Bertz CT molecular complexity index is 1110. The predicted molar refractivity (Wildman–Crippen MR) is 117 cm³/mol. The van der Waals surface area contributed by atoms with E-state index in [1.165, 1.54) is 5.56 Å². The molecule has 0 bridgehead atoms. The van der Waals surface area contributed by atoms with E-state index in [0.29, 0.717) is 29.8 Å². The monoisotopic (exact) mass is 404 g/mol. The number of amides is 1. The van der Waals surface area contributed by atoms with Gasteiger partial charge < -0.3 is 14.1 Å². The summed E-state index contributed by atoms with van der Waals surface area (Å²) in [5, 5.41) is 0.669. The Balaban J connectivity index is 1.40. The van der Waals surface area contributed by atoms with Crippen molar-refractivity contribution in [2.24, 2.45) is 0 Å². The molecule has 4 rings (SSSR count). The summed E-state index contributed by atoms with van der Waals surface area (Å²) in [5.74, 6) is 0.361. The van der Waals surface area contributed by atoms with Crippen LogP contribution in [0.1, 0.15) is 15.9 Å². The van der Waals surface area contributed by atoms with Gasteiger partial charge in [-0.05, 0) is 29.8 Å². The lowest BCUT2D eigenvalue weighted by Gasteiger charge is -2.34. The third kappa shape index (κ3) is 4.44. The number of carbonyl (C=O) groups is 1. The Kier molecular flexibility index (Phi) is 5.95. The van der Waals surface area contributed by atoms with Gasteiger partial charge in [-0.15, -0.1) is 0 Å². The van der Waals surface area contributed by atoms with Gasteiger partial charge in [0.2, 0.25) is 0 Å². The number of ether oxygens (including phenoxy) is 1. The molecule has 0 saturated carbocycles. The van der Waals surface area contributed by atoms with E-state index in [2.05, 4.69) is 29.2 Å². The number of hydrogen-bond acceptors (Lipinski definition) is 5. The van der Waals surface area contributed by atoms with Crippen LogP contribution in [0.4, 0.5) is 0 Å². The molecule has 1 amide bonds. The average molecular weight is 404 g/mol. The number of fused-ring (bicyclic) bond motifs is 1. The lowest BCUT2D eigenvalue weighted by Crippen LogP contribution is -2.49. The predicted octanol–water partition coefficient (Wildman–Crippen LogP) is 3.27. The van der Waals surface area contributed by atoms with Gasteiger partial charge in [-0.3, -0.25) is 9.69 Å². The highest BCUT2D eigenvalue weighted by Crippen LogP contribution is 2.21. The molecule has 0 N–H and O–H groups in total. The maximum absolute atomic E-state index is 12.9. The zero-order valence-corrected chi connectivity index (χ0v) is 16.9. The molecule has 30 heavy (non-hydrogen) atoms. The lowest BCUT2D eigenvalue weighted by molar-refractivity contribution is 0.0646. The van der Waals surface area contributed by atoms with Crippen molar-refractivity contribution in [2.75, 3.05) is 39.8 Å². The second-order valence-electron chi connectivity index (χ2n) is 7.26. The third-order valence-electron chi connectivity index (χ3n) is 5.30. The Hall–Kier alpha value is -3.38. The van der Waals surface area contributed by atoms with E-state index in [9.17, 15) is 9.59 Å². The number of nitrogens with zero attached hydrogens (tertiary/aromatic N) is 2. The topological polar surface area (TPSA) is 63.0 Å². The lowest BCUT2D eigenvalue weighted by atomic mass is 10.1. The van der Waals surface area contributed by atoms with E-state index >= 15 is 0 Å². The van der Waals surface area contributed by atoms with E-state index in [0.717, 1.165) is 19.6 Å². The minimum absolute atomic E-state index is 0.0631. The molecule has 1 aromatic heterocycles. The Morgan fingerprint density at radius 1 is 1.07 bits per heavy atom. The van der Waals surface area contributed by atoms with Crippen LogP contribution in [0.25, 0.3) is 17.0 Å². The van der Waals surface area contributed by atoms with Gasteiger partial charge in [0.15, 0.2) is 0 Å². The van der Waals surface area contributed by atoms with Crippen molar-refractivity contribution in [3.8, 4) is 5.75 Å². The molecule has 1 aliphatic rings. The second kappa shape index (κ2) is 8.97. The molecule has 1 saturated heterocycles. The maximum Gasteiger partial charge on any atom is 0.349 e. The number of rotatable bonds is 5. The van der Waals surface area contributed by atoms with Gasteiger partial charge in [-0.2, -0.15) is 0 Å². The summed E-state index contributed by atoms with van der Waals surface area (Å²) in [6, 6.07) is 16.9. The van der Waals surface area contributed by atoms with Crippen LogP contribution < -0.4 is 10.4 Å². The molecule has 0 atom stereocenters. The Morgan fingerprint density at radius 3 is 2.57 bits per heavy atom. The van der Waals surface area contributed by atoms with E-state index < -0.39 is 5.63 Å². The van der Waals surface area contributed by atoms with Crippen LogP contribution in [0.5, 0.6) is 5.75 Å². The number of benzene rings is 2. The first kappa shape index (κ1) is 19.9. The first-order valence-electron chi connectivity index (χ1n) is 9.99. The minimum Gasteiger partial charge on any atom is -0.497 e. The first-order chi connectivity index (χ1) is 14.6. The zero-order chi connectivity index (χ0) is 20.9. The van der Waals surface area contributed by atoms with Gasteiger partial charge in [0.25, 0.3) is 5.91 Å². The molecular formula is C24H24N2O4. The molecule has 1 aliphatic heterocycles. The molecule has 6 nitrogen and oxygen atoms in total. The maximum atomic E-state index is 12.9. The molecule has 154 valence electrons. The van der Waals surface area contributed by atoms with Crippen LogP contribution in [0.2, 0.25) is 0 Å². The van der Waals surface area contributed by atoms with Crippen molar-refractivity contribution in [3.63, 3.8) is 0 Å². The fourth-order valence-corrected chi connectivity index (χ4v) is 3.58. The molecule has 0 radical (unpaired) electrons. The van der Waals surface area contributed by atoms with Gasteiger partial charge in [-0.25, -0.2) is 4.79 Å². The van der Waals surface area contributed by atoms with Crippen LogP contribution in [-0.2, 0) is 0 Å². The minimum atomic E-state index is -0.606. The van der Waals surface area contributed by atoms with Crippen molar-refractivity contribution in [1.29, 1.82) is 0 Å².